The minimum atomic E-state index is 0.406. The fourth-order valence-corrected chi connectivity index (χ4v) is 2.54. The molecule has 1 aromatic rings. The van der Waals surface area contributed by atoms with Gasteiger partial charge in [0.1, 0.15) is 15.0 Å². The molecule has 1 aromatic heterocycles. The van der Waals surface area contributed by atoms with Crippen LogP contribution in [0.2, 0.25) is 0 Å². The molecular formula is C10H14Br2N2. The van der Waals surface area contributed by atoms with Gasteiger partial charge in [0.2, 0.25) is 0 Å². The average Bonchev–Trinajstić information content (AvgIpc) is 2.00. The van der Waals surface area contributed by atoms with E-state index in [4.69, 9.17) is 0 Å². The van der Waals surface area contributed by atoms with Crippen molar-refractivity contribution in [2.24, 2.45) is 5.92 Å². The third-order valence-corrected chi connectivity index (χ3v) is 2.76. The quantitative estimate of drug-likeness (QED) is 0.781. The number of nitrogens with zero attached hydrogens (tertiary/aromatic N) is 2. The van der Waals surface area contributed by atoms with Crippen LogP contribution < -0.4 is 0 Å². The van der Waals surface area contributed by atoms with Gasteiger partial charge in [-0.05, 0) is 44.2 Å². The van der Waals surface area contributed by atoms with Crippen molar-refractivity contribution >= 4 is 31.9 Å². The van der Waals surface area contributed by atoms with E-state index >= 15 is 0 Å². The van der Waals surface area contributed by atoms with E-state index in [2.05, 4.69) is 62.6 Å². The highest BCUT2D eigenvalue weighted by Crippen LogP contribution is 2.23. The SMILES string of the molecule is CC(C)CC(C)c1nc(Br)cc(Br)n1. The van der Waals surface area contributed by atoms with E-state index in [1.807, 2.05) is 6.07 Å². The summed E-state index contributed by atoms with van der Waals surface area (Å²) in [6.45, 7) is 6.58. The molecule has 1 heterocycles. The second kappa shape index (κ2) is 5.21. The summed E-state index contributed by atoms with van der Waals surface area (Å²) in [5.41, 5.74) is 0. The Morgan fingerprint density at radius 2 is 1.64 bits per heavy atom. The molecule has 1 atom stereocenters. The third kappa shape index (κ3) is 3.65. The molecule has 14 heavy (non-hydrogen) atoms. The molecule has 0 aliphatic rings. The standard InChI is InChI=1S/C10H14Br2N2/c1-6(2)4-7(3)10-13-8(11)5-9(12)14-10/h5-7H,4H2,1-3H3. The summed E-state index contributed by atoms with van der Waals surface area (Å²) in [5.74, 6) is 1.98. The predicted molar refractivity (Wildman–Crippen MR) is 65.3 cm³/mol. The molecule has 0 bridgehead atoms. The first-order valence-electron chi connectivity index (χ1n) is 4.69. The van der Waals surface area contributed by atoms with Crippen molar-refractivity contribution in [1.29, 1.82) is 0 Å². The molecule has 0 amide bonds. The molecule has 0 saturated carbocycles. The van der Waals surface area contributed by atoms with E-state index < -0.39 is 0 Å². The first-order chi connectivity index (χ1) is 6.49. The molecule has 0 saturated heterocycles. The van der Waals surface area contributed by atoms with Gasteiger partial charge in [-0.15, -0.1) is 0 Å². The summed E-state index contributed by atoms with van der Waals surface area (Å²) in [4.78, 5) is 8.73. The predicted octanol–water partition coefficient (Wildman–Crippen LogP) is 4.15. The van der Waals surface area contributed by atoms with Crippen molar-refractivity contribution in [1.82, 2.24) is 9.97 Å². The maximum atomic E-state index is 4.36. The Hall–Kier alpha value is 0.0400. The number of aromatic nitrogens is 2. The van der Waals surface area contributed by atoms with Gasteiger partial charge >= 0.3 is 0 Å². The van der Waals surface area contributed by atoms with Crippen LogP contribution >= 0.6 is 31.9 Å². The number of halogens is 2. The molecule has 2 nitrogen and oxygen atoms in total. The second-order valence-corrected chi connectivity index (χ2v) is 5.53. The van der Waals surface area contributed by atoms with Gasteiger partial charge < -0.3 is 0 Å². The lowest BCUT2D eigenvalue weighted by molar-refractivity contribution is 0.506. The molecular weight excluding hydrogens is 308 g/mol. The Morgan fingerprint density at radius 3 is 2.07 bits per heavy atom. The van der Waals surface area contributed by atoms with E-state index in [0.29, 0.717) is 11.8 Å². The van der Waals surface area contributed by atoms with Crippen LogP contribution in [-0.4, -0.2) is 9.97 Å². The molecule has 0 N–H and O–H groups in total. The molecule has 78 valence electrons. The topological polar surface area (TPSA) is 25.8 Å². The average molecular weight is 322 g/mol. The van der Waals surface area contributed by atoms with Crippen molar-refractivity contribution in [2.45, 2.75) is 33.1 Å². The van der Waals surface area contributed by atoms with E-state index in [-0.39, 0.29) is 0 Å². The van der Waals surface area contributed by atoms with Crippen molar-refractivity contribution in [3.05, 3.63) is 21.1 Å². The Kier molecular flexibility index (Phi) is 4.51. The Balaban J connectivity index is 2.84. The van der Waals surface area contributed by atoms with Crippen molar-refractivity contribution in [3.63, 3.8) is 0 Å². The molecule has 0 aliphatic carbocycles. The van der Waals surface area contributed by atoms with E-state index in [1.54, 1.807) is 0 Å². The van der Waals surface area contributed by atoms with Crippen LogP contribution in [0.5, 0.6) is 0 Å². The molecule has 0 fully saturated rings. The molecule has 0 radical (unpaired) electrons. The van der Waals surface area contributed by atoms with Gasteiger partial charge in [-0.2, -0.15) is 0 Å². The summed E-state index contributed by atoms with van der Waals surface area (Å²) in [6.07, 6.45) is 1.11. The summed E-state index contributed by atoms with van der Waals surface area (Å²) >= 11 is 6.73. The smallest absolute Gasteiger partial charge is 0.133 e. The van der Waals surface area contributed by atoms with Gasteiger partial charge in [0.15, 0.2) is 0 Å². The van der Waals surface area contributed by atoms with E-state index in [0.717, 1.165) is 21.5 Å². The van der Waals surface area contributed by atoms with Gasteiger partial charge in [0.25, 0.3) is 0 Å². The van der Waals surface area contributed by atoms with Crippen LogP contribution in [0.1, 0.15) is 38.9 Å². The molecule has 0 aromatic carbocycles. The third-order valence-electron chi connectivity index (χ3n) is 1.95. The monoisotopic (exact) mass is 320 g/mol. The van der Waals surface area contributed by atoms with Crippen LogP contribution in [0.25, 0.3) is 0 Å². The van der Waals surface area contributed by atoms with Gasteiger partial charge in [0, 0.05) is 12.0 Å². The lowest BCUT2D eigenvalue weighted by Gasteiger charge is -2.12. The highest BCUT2D eigenvalue weighted by molar-refractivity contribution is 9.11. The zero-order valence-corrected chi connectivity index (χ0v) is 11.8. The summed E-state index contributed by atoms with van der Waals surface area (Å²) in [5, 5.41) is 0. The van der Waals surface area contributed by atoms with E-state index in [9.17, 15) is 0 Å². The largest absolute Gasteiger partial charge is 0.226 e. The Bertz CT molecular complexity index is 293. The minimum Gasteiger partial charge on any atom is -0.226 e. The number of rotatable bonds is 3. The second-order valence-electron chi connectivity index (χ2n) is 3.90. The van der Waals surface area contributed by atoms with Gasteiger partial charge in [-0.25, -0.2) is 9.97 Å². The van der Waals surface area contributed by atoms with Gasteiger partial charge in [-0.1, -0.05) is 20.8 Å². The lowest BCUT2D eigenvalue weighted by atomic mass is 9.98. The fraction of sp³-hybridized carbons (Fsp3) is 0.600. The van der Waals surface area contributed by atoms with Crippen LogP contribution in [-0.2, 0) is 0 Å². The zero-order chi connectivity index (χ0) is 10.7. The van der Waals surface area contributed by atoms with Crippen LogP contribution in [0.3, 0.4) is 0 Å². The Labute approximate surface area is 102 Å². The summed E-state index contributed by atoms with van der Waals surface area (Å²) in [6, 6.07) is 1.85. The maximum absolute atomic E-state index is 4.36. The van der Waals surface area contributed by atoms with Crippen LogP contribution in [0.15, 0.2) is 15.3 Å². The van der Waals surface area contributed by atoms with Crippen molar-refractivity contribution in [3.8, 4) is 0 Å². The highest BCUT2D eigenvalue weighted by atomic mass is 79.9. The van der Waals surface area contributed by atoms with Crippen molar-refractivity contribution < 1.29 is 0 Å². The molecule has 1 unspecified atom stereocenters. The van der Waals surface area contributed by atoms with Crippen LogP contribution in [0, 0.1) is 5.92 Å². The molecule has 4 heteroatoms. The fourth-order valence-electron chi connectivity index (χ4n) is 1.44. The molecule has 1 rings (SSSR count). The molecule has 0 aliphatic heterocycles. The normalized spacial score (nSPS) is 13.3. The van der Waals surface area contributed by atoms with Crippen molar-refractivity contribution in [2.75, 3.05) is 0 Å². The highest BCUT2D eigenvalue weighted by Gasteiger charge is 2.12. The lowest BCUT2D eigenvalue weighted by Crippen LogP contribution is -2.04. The minimum absolute atomic E-state index is 0.406. The number of hydrogen-bond acceptors (Lipinski definition) is 2. The van der Waals surface area contributed by atoms with Crippen LogP contribution in [0.4, 0.5) is 0 Å². The maximum Gasteiger partial charge on any atom is 0.133 e. The molecule has 0 spiro atoms. The number of hydrogen-bond donors (Lipinski definition) is 0. The van der Waals surface area contributed by atoms with Gasteiger partial charge in [-0.3, -0.25) is 0 Å². The summed E-state index contributed by atoms with van der Waals surface area (Å²) in [7, 11) is 0. The Morgan fingerprint density at radius 1 is 1.14 bits per heavy atom. The zero-order valence-electron chi connectivity index (χ0n) is 8.59. The first-order valence-corrected chi connectivity index (χ1v) is 6.27. The van der Waals surface area contributed by atoms with E-state index in [1.165, 1.54) is 0 Å². The first kappa shape index (κ1) is 12.1. The summed E-state index contributed by atoms with van der Waals surface area (Å²) < 4.78 is 1.68. The van der Waals surface area contributed by atoms with Gasteiger partial charge in [0.05, 0.1) is 0 Å².